The largest absolute Gasteiger partial charge is 0.425 e. The van der Waals surface area contributed by atoms with Crippen molar-refractivity contribution in [2.75, 3.05) is 13.1 Å². The highest BCUT2D eigenvalue weighted by Crippen LogP contribution is 2.28. The molecule has 0 aliphatic carbocycles. The number of amides is 1. The lowest BCUT2D eigenvalue weighted by atomic mass is 9.96. The fraction of sp³-hybridized carbons (Fsp3) is 0.500. The molecule has 1 aromatic carbocycles. The highest BCUT2D eigenvalue weighted by molar-refractivity contribution is 6.31. The highest BCUT2D eigenvalue weighted by Gasteiger charge is 2.27. The Morgan fingerprint density at radius 2 is 2.00 bits per heavy atom. The average molecular weight is 348 g/mol. The maximum atomic E-state index is 12.5. The number of rotatable bonds is 4. The summed E-state index contributed by atoms with van der Waals surface area (Å²) in [6.45, 7) is 5.50. The van der Waals surface area contributed by atoms with Crippen LogP contribution in [0.5, 0.6) is 0 Å². The van der Waals surface area contributed by atoms with Gasteiger partial charge in [-0.25, -0.2) is 0 Å². The smallest absolute Gasteiger partial charge is 0.227 e. The first kappa shape index (κ1) is 17.0. The van der Waals surface area contributed by atoms with Gasteiger partial charge in [0.15, 0.2) is 0 Å². The van der Waals surface area contributed by atoms with Crippen molar-refractivity contribution in [1.82, 2.24) is 15.1 Å². The van der Waals surface area contributed by atoms with Crippen molar-refractivity contribution in [3.8, 4) is 0 Å². The van der Waals surface area contributed by atoms with Crippen LogP contribution in [0.1, 0.15) is 55.9 Å². The topological polar surface area (TPSA) is 59.2 Å². The molecule has 2 aromatic rings. The van der Waals surface area contributed by atoms with Crippen molar-refractivity contribution in [1.29, 1.82) is 0 Å². The van der Waals surface area contributed by atoms with Gasteiger partial charge in [-0.2, -0.15) is 0 Å². The number of nitrogens with zero attached hydrogens (tertiary/aromatic N) is 3. The molecule has 0 saturated carbocycles. The summed E-state index contributed by atoms with van der Waals surface area (Å²) < 4.78 is 5.75. The van der Waals surface area contributed by atoms with Gasteiger partial charge in [0.25, 0.3) is 0 Å². The molecule has 1 aliphatic heterocycles. The predicted molar refractivity (Wildman–Crippen MR) is 92.1 cm³/mol. The highest BCUT2D eigenvalue weighted by atomic mass is 35.5. The van der Waals surface area contributed by atoms with Gasteiger partial charge in [0.1, 0.15) is 0 Å². The van der Waals surface area contributed by atoms with E-state index in [-0.39, 0.29) is 17.7 Å². The van der Waals surface area contributed by atoms with Crippen molar-refractivity contribution in [2.24, 2.45) is 0 Å². The van der Waals surface area contributed by atoms with Crippen LogP contribution in [0.2, 0.25) is 5.02 Å². The third-order valence-electron chi connectivity index (χ3n) is 4.45. The van der Waals surface area contributed by atoms with Crippen LogP contribution in [0, 0.1) is 0 Å². The first-order valence-corrected chi connectivity index (χ1v) is 8.77. The van der Waals surface area contributed by atoms with Crippen LogP contribution in [-0.4, -0.2) is 34.1 Å². The number of likely N-dealkylation sites (tertiary alicyclic amines) is 1. The molecule has 24 heavy (non-hydrogen) atoms. The Hall–Kier alpha value is -1.88. The van der Waals surface area contributed by atoms with E-state index in [0.29, 0.717) is 36.3 Å². The van der Waals surface area contributed by atoms with Gasteiger partial charge in [0.2, 0.25) is 17.7 Å². The molecule has 0 unspecified atom stereocenters. The van der Waals surface area contributed by atoms with Crippen LogP contribution in [0.15, 0.2) is 28.7 Å². The molecular weight excluding hydrogens is 326 g/mol. The third kappa shape index (κ3) is 3.78. The van der Waals surface area contributed by atoms with E-state index in [4.69, 9.17) is 16.0 Å². The summed E-state index contributed by atoms with van der Waals surface area (Å²) in [5, 5.41) is 8.92. The Morgan fingerprint density at radius 3 is 2.62 bits per heavy atom. The molecule has 0 spiro atoms. The fourth-order valence-electron chi connectivity index (χ4n) is 2.94. The van der Waals surface area contributed by atoms with Crippen molar-refractivity contribution in [2.45, 2.75) is 44.9 Å². The van der Waals surface area contributed by atoms with E-state index in [0.717, 1.165) is 18.4 Å². The predicted octanol–water partition coefficient (Wildman–Crippen LogP) is 3.80. The second-order valence-corrected chi connectivity index (χ2v) is 6.96. The molecule has 1 aliphatic rings. The van der Waals surface area contributed by atoms with Gasteiger partial charge in [-0.1, -0.05) is 43.6 Å². The monoisotopic (exact) mass is 347 g/mol. The number of piperidine rings is 1. The van der Waals surface area contributed by atoms with E-state index in [9.17, 15) is 4.79 Å². The molecule has 0 N–H and O–H groups in total. The SMILES string of the molecule is CC(C)c1nnc(C2CCN(C(=O)Cc3ccccc3Cl)CC2)o1. The molecule has 0 bridgehead atoms. The minimum atomic E-state index is 0.120. The van der Waals surface area contributed by atoms with Crippen LogP contribution in [0.25, 0.3) is 0 Å². The summed E-state index contributed by atoms with van der Waals surface area (Å²) in [6, 6.07) is 7.50. The lowest BCUT2D eigenvalue weighted by molar-refractivity contribution is -0.131. The van der Waals surface area contributed by atoms with Gasteiger partial charge in [-0.05, 0) is 24.5 Å². The van der Waals surface area contributed by atoms with Gasteiger partial charge in [-0.15, -0.1) is 10.2 Å². The maximum absolute atomic E-state index is 12.5. The van der Waals surface area contributed by atoms with Crippen molar-refractivity contribution < 1.29 is 9.21 Å². The third-order valence-corrected chi connectivity index (χ3v) is 4.82. The first-order chi connectivity index (χ1) is 11.5. The van der Waals surface area contributed by atoms with E-state index in [1.807, 2.05) is 43.0 Å². The summed E-state index contributed by atoms with van der Waals surface area (Å²) >= 11 is 6.14. The Bertz CT molecular complexity index is 706. The van der Waals surface area contributed by atoms with E-state index in [1.54, 1.807) is 0 Å². The number of halogens is 1. The molecule has 1 saturated heterocycles. The van der Waals surface area contributed by atoms with Crippen LogP contribution in [0.3, 0.4) is 0 Å². The summed E-state index contributed by atoms with van der Waals surface area (Å²) in [5.74, 6) is 1.99. The van der Waals surface area contributed by atoms with E-state index >= 15 is 0 Å². The number of hydrogen-bond donors (Lipinski definition) is 0. The number of aromatic nitrogens is 2. The number of hydrogen-bond acceptors (Lipinski definition) is 4. The molecule has 1 amide bonds. The van der Waals surface area contributed by atoms with E-state index in [2.05, 4.69) is 10.2 Å². The molecule has 1 aromatic heterocycles. The van der Waals surface area contributed by atoms with Crippen molar-refractivity contribution in [3.05, 3.63) is 46.6 Å². The molecule has 0 atom stereocenters. The Kier molecular flexibility index (Phi) is 5.19. The van der Waals surface area contributed by atoms with Crippen LogP contribution in [0.4, 0.5) is 0 Å². The molecule has 3 rings (SSSR count). The molecular formula is C18H22ClN3O2. The summed E-state index contributed by atoms with van der Waals surface area (Å²) in [6.07, 6.45) is 2.06. The summed E-state index contributed by atoms with van der Waals surface area (Å²) in [7, 11) is 0. The fourth-order valence-corrected chi connectivity index (χ4v) is 3.14. The molecule has 128 valence electrons. The van der Waals surface area contributed by atoms with E-state index < -0.39 is 0 Å². The standard InChI is InChI=1S/C18H22ClN3O2/c1-12(2)17-20-21-18(24-17)13-7-9-22(10-8-13)16(23)11-14-5-3-4-6-15(14)19/h3-6,12-13H,7-11H2,1-2H3. The van der Waals surface area contributed by atoms with Crippen LogP contribution in [-0.2, 0) is 11.2 Å². The van der Waals surface area contributed by atoms with Gasteiger partial charge < -0.3 is 9.32 Å². The molecule has 2 heterocycles. The van der Waals surface area contributed by atoms with Gasteiger partial charge in [-0.3, -0.25) is 4.79 Å². The van der Waals surface area contributed by atoms with Crippen LogP contribution >= 0.6 is 11.6 Å². The van der Waals surface area contributed by atoms with E-state index in [1.165, 1.54) is 0 Å². The number of benzene rings is 1. The molecule has 6 heteroatoms. The summed E-state index contributed by atoms with van der Waals surface area (Å²) in [4.78, 5) is 14.4. The van der Waals surface area contributed by atoms with Crippen molar-refractivity contribution >= 4 is 17.5 Å². The Balaban J connectivity index is 1.56. The molecule has 5 nitrogen and oxygen atoms in total. The Morgan fingerprint density at radius 1 is 1.29 bits per heavy atom. The van der Waals surface area contributed by atoms with Gasteiger partial charge in [0, 0.05) is 29.9 Å². The maximum Gasteiger partial charge on any atom is 0.227 e. The minimum Gasteiger partial charge on any atom is -0.425 e. The minimum absolute atomic E-state index is 0.120. The molecule has 1 fully saturated rings. The zero-order valence-corrected chi connectivity index (χ0v) is 14.8. The normalized spacial score (nSPS) is 15.9. The second kappa shape index (κ2) is 7.34. The van der Waals surface area contributed by atoms with Crippen LogP contribution < -0.4 is 0 Å². The first-order valence-electron chi connectivity index (χ1n) is 8.39. The Labute approximate surface area is 147 Å². The van der Waals surface area contributed by atoms with Crippen molar-refractivity contribution in [3.63, 3.8) is 0 Å². The number of carbonyl (C=O) groups excluding carboxylic acids is 1. The van der Waals surface area contributed by atoms with Gasteiger partial charge in [0.05, 0.1) is 6.42 Å². The second-order valence-electron chi connectivity index (χ2n) is 6.56. The average Bonchev–Trinajstić information content (AvgIpc) is 3.07. The van der Waals surface area contributed by atoms with Gasteiger partial charge >= 0.3 is 0 Å². The quantitative estimate of drug-likeness (QED) is 0.844. The zero-order chi connectivity index (χ0) is 17.1. The molecule has 0 radical (unpaired) electrons. The summed E-state index contributed by atoms with van der Waals surface area (Å²) in [5.41, 5.74) is 0.879. The zero-order valence-electron chi connectivity index (χ0n) is 14.0. The lowest BCUT2D eigenvalue weighted by Crippen LogP contribution is -2.38. The lowest BCUT2D eigenvalue weighted by Gasteiger charge is -2.30. The number of carbonyl (C=O) groups is 1.